The lowest BCUT2D eigenvalue weighted by Crippen LogP contribution is -2.42. The molecule has 0 radical (unpaired) electrons. The summed E-state index contributed by atoms with van der Waals surface area (Å²) in [6.45, 7) is 7.15. The molecule has 1 saturated heterocycles. The number of ether oxygens (including phenoxy) is 1. The van der Waals surface area contributed by atoms with Crippen LogP contribution >= 0.6 is 0 Å². The highest BCUT2D eigenvalue weighted by molar-refractivity contribution is 5.36. The normalized spacial score (nSPS) is 21.1. The highest BCUT2D eigenvalue weighted by atomic mass is 16.5. The molecule has 1 unspecified atom stereocenters. The van der Waals surface area contributed by atoms with Crippen LogP contribution in [0.25, 0.3) is 0 Å². The topological polar surface area (TPSA) is 33.3 Å². The van der Waals surface area contributed by atoms with Crippen molar-refractivity contribution < 1.29 is 4.74 Å². The molecule has 2 rings (SSSR count). The van der Waals surface area contributed by atoms with Crippen molar-refractivity contribution >= 4 is 0 Å². The van der Waals surface area contributed by atoms with Gasteiger partial charge in [-0.1, -0.05) is 18.2 Å². The molecule has 0 aromatic heterocycles. The lowest BCUT2D eigenvalue weighted by atomic mass is 10.0. The van der Waals surface area contributed by atoms with Crippen molar-refractivity contribution in [3.8, 4) is 5.75 Å². The van der Waals surface area contributed by atoms with E-state index >= 15 is 0 Å². The standard InChI is InChI=1S/C13H20N2O/c1-10(2)16-13-6-4-3-5-11(13)12-9-14-7-8-15-12/h3-6,10,12,14-15H,7-9H2,1-2H3. The van der Waals surface area contributed by atoms with Crippen LogP contribution in [0.4, 0.5) is 0 Å². The minimum absolute atomic E-state index is 0.220. The minimum Gasteiger partial charge on any atom is -0.491 e. The molecule has 1 atom stereocenters. The molecule has 2 N–H and O–H groups in total. The fraction of sp³-hybridized carbons (Fsp3) is 0.538. The monoisotopic (exact) mass is 220 g/mol. The summed E-state index contributed by atoms with van der Waals surface area (Å²) < 4.78 is 5.83. The molecule has 3 nitrogen and oxygen atoms in total. The molecule has 1 aromatic rings. The second-order valence-corrected chi connectivity index (χ2v) is 4.42. The lowest BCUT2D eigenvalue weighted by molar-refractivity contribution is 0.236. The number of benzene rings is 1. The largest absolute Gasteiger partial charge is 0.491 e. The molecule has 16 heavy (non-hydrogen) atoms. The number of nitrogens with one attached hydrogen (secondary N) is 2. The highest BCUT2D eigenvalue weighted by Gasteiger charge is 2.18. The predicted octanol–water partition coefficient (Wildman–Crippen LogP) is 1.71. The van der Waals surface area contributed by atoms with Gasteiger partial charge < -0.3 is 15.4 Å². The van der Waals surface area contributed by atoms with Gasteiger partial charge in [-0.25, -0.2) is 0 Å². The quantitative estimate of drug-likeness (QED) is 0.813. The summed E-state index contributed by atoms with van der Waals surface area (Å²) in [7, 11) is 0. The van der Waals surface area contributed by atoms with Crippen molar-refractivity contribution in [2.75, 3.05) is 19.6 Å². The van der Waals surface area contributed by atoms with E-state index < -0.39 is 0 Å². The zero-order valence-corrected chi connectivity index (χ0v) is 9.99. The maximum Gasteiger partial charge on any atom is 0.124 e. The Morgan fingerprint density at radius 2 is 2.06 bits per heavy atom. The smallest absolute Gasteiger partial charge is 0.124 e. The number of para-hydroxylation sites is 1. The van der Waals surface area contributed by atoms with Crippen LogP contribution in [-0.2, 0) is 0 Å². The van der Waals surface area contributed by atoms with Crippen molar-refractivity contribution in [3.05, 3.63) is 29.8 Å². The van der Waals surface area contributed by atoms with Gasteiger partial charge in [-0.3, -0.25) is 0 Å². The van der Waals surface area contributed by atoms with Gasteiger partial charge in [-0.05, 0) is 19.9 Å². The second kappa shape index (κ2) is 5.32. The Labute approximate surface area is 97.2 Å². The maximum atomic E-state index is 5.83. The van der Waals surface area contributed by atoms with Gasteiger partial charge in [0, 0.05) is 31.2 Å². The Morgan fingerprint density at radius 1 is 1.25 bits per heavy atom. The van der Waals surface area contributed by atoms with E-state index in [2.05, 4.69) is 36.6 Å². The molecule has 1 fully saturated rings. The first-order valence-corrected chi connectivity index (χ1v) is 5.97. The van der Waals surface area contributed by atoms with Crippen LogP contribution < -0.4 is 15.4 Å². The predicted molar refractivity (Wildman–Crippen MR) is 65.8 cm³/mol. The summed E-state index contributed by atoms with van der Waals surface area (Å²) in [5.41, 5.74) is 1.25. The third-order valence-electron chi connectivity index (χ3n) is 2.70. The molecule has 0 amide bonds. The van der Waals surface area contributed by atoms with Gasteiger partial charge in [0.05, 0.1) is 6.10 Å². The van der Waals surface area contributed by atoms with Gasteiger partial charge in [0.15, 0.2) is 0 Å². The Balaban J connectivity index is 2.17. The van der Waals surface area contributed by atoms with Gasteiger partial charge in [0.2, 0.25) is 0 Å². The molecular weight excluding hydrogens is 200 g/mol. The molecule has 3 heteroatoms. The average Bonchev–Trinajstić information content (AvgIpc) is 2.30. The van der Waals surface area contributed by atoms with Crippen molar-refractivity contribution in [1.29, 1.82) is 0 Å². The zero-order chi connectivity index (χ0) is 11.4. The van der Waals surface area contributed by atoms with Gasteiger partial charge in [0.25, 0.3) is 0 Å². The summed E-state index contributed by atoms with van der Waals surface area (Å²) in [6, 6.07) is 8.65. The molecule has 1 aliphatic heterocycles. The molecule has 0 spiro atoms. The third-order valence-corrected chi connectivity index (χ3v) is 2.70. The van der Waals surface area contributed by atoms with Crippen LogP contribution in [0, 0.1) is 0 Å². The van der Waals surface area contributed by atoms with E-state index in [0.717, 1.165) is 25.4 Å². The van der Waals surface area contributed by atoms with Crippen LogP contribution in [0.3, 0.4) is 0 Å². The molecule has 1 heterocycles. The number of rotatable bonds is 3. The SMILES string of the molecule is CC(C)Oc1ccccc1C1CNCCN1. The van der Waals surface area contributed by atoms with Crippen LogP contribution in [0.5, 0.6) is 5.75 Å². The van der Waals surface area contributed by atoms with E-state index in [1.54, 1.807) is 0 Å². The average molecular weight is 220 g/mol. The number of piperazine rings is 1. The van der Waals surface area contributed by atoms with Crippen molar-refractivity contribution in [2.24, 2.45) is 0 Å². The summed E-state index contributed by atoms with van der Waals surface area (Å²) in [4.78, 5) is 0. The van der Waals surface area contributed by atoms with E-state index in [1.807, 2.05) is 12.1 Å². The molecule has 1 aliphatic rings. The molecule has 0 saturated carbocycles. The Hall–Kier alpha value is -1.06. The number of hydrogen-bond acceptors (Lipinski definition) is 3. The molecule has 1 aromatic carbocycles. The fourth-order valence-electron chi connectivity index (χ4n) is 2.00. The minimum atomic E-state index is 0.220. The molecular formula is C13H20N2O. The second-order valence-electron chi connectivity index (χ2n) is 4.42. The molecule has 0 aliphatic carbocycles. The first-order valence-electron chi connectivity index (χ1n) is 5.97. The van der Waals surface area contributed by atoms with E-state index in [4.69, 9.17) is 4.74 Å². The van der Waals surface area contributed by atoms with Crippen LogP contribution in [0.1, 0.15) is 25.5 Å². The van der Waals surface area contributed by atoms with Gasteiger partial charge in [0.1, 0.15) is 5.75 Å². The Kier molecular flexibility index (Phi) is 3.80. The fourth-order valence-corrected chi connectivity index (χ4v) is 2.00. The highest BCUT2D eigenvalue weighted by Crippen LogP contribution is 2.26. The maximum absolute atomic E-state index is 5.83. The summed E-state index contributed by atoms with van der Waals surface area (Å²) in [5.74, 6) is 0.999. The van der Waals surface area contributed by atoms with E-state index in [1.165, 1.54) is 5.56 Å². The lowest BCUT2D eigenvalue weighted by Gasteiger charge is -2.27. The van der Waals surface area contributed by atoms with Crippen molar-refractivity contribution in [1.82, 2.24) is 10.6 Å². The summed E-state index contributed by atoms with van der Waals surface area (Å²) >= 11 is 0. The first kappa shape index (κ1) is 11.4. The van der Waals surface area contributed by atoms with E-state index in [9.17, 15) is 0 Å². The van der Waals surface area contributed by atoms with Crippen LogP contribution in [-0.4, -0.2) is 25.7 Å². The number of hydrogen-bond donors (Lipinski definition) is 2. The van der Waals surface area contributed by atoms with Crippen LogP contribution in [0.15, 0.2) is 24.3 Å². The van der Waals surface area contributed by atoms with Gasteiger partial charge in [-0.2, -0.15) is 0 Å². The molecule has 88 valence electrons. The van der Waals surface area contributed by atoms with Gasteiger partial charge in [-0.15, -0.1) is 0 Å². The Morgan fingerprint density at radius 3 is 2.75 bits per heavy atom. The molecule has 0 bridgehead atoms. The van der Waals surface area contributed by atoms with Crippen LogP contribution in [0.2, 0.25) is 0 Å². The summed E-state index contributed by atoms with van der Waals surface area (Å²) in [6.07, 6.45) is 0.220. The van der Waals surface area contributed by atoms with E-state index in [0.29, 0.717) is 6.04 Å². The van der Waals surface area contributed by atoms with Gasteiger partial charge >= 0.3 is 0 Å². The summed E-state index contributed by atoms with van der Waals surface area (Å²) in [5, 5.41) is 6.90. The van der Waals surface area contributed by atoms with E-state index in [-0.39, 0.29) is 6.10 Å². The zero-order valence-electron chi connectivity index (χ0n) is 9.99. The Bertz CT molecular complexity index is 332. The third kappa shape index (κ3) is 2.74. The van der Waals surface area contributed by atoms with Crippen molar-refractivity contribution in [3.63, 3.8) is 0 Å². The van der Waals surface area contributed by atoms with Crippen molar-refractivity contribution in [2.45, 2.75) is 26.0 Å². The first-order chi connectivity index (χ1) is 7.77.